The number of aliphatic carboxylic acids is 1. The highest BCUT2D eigenvalue weighted by Gasteiger charge is 2.23. The average Bonchev–Trinajstić information content (AvgIpc) is 2.47. The van der Waals surface area contributed by atoms with Gasteiger partial charge < -0.3 is 10.4 Å². The summed E-state index contributed by atoms with van der Waals surface area (Å²) >= 11 is 0. The predicted molar refractivity (Wildman–Crippen MR) is 95.1 cm³/mol. The molecule has 0 fully saturated rings. The van der Waals surface area contributed by atoms with Crippen LogP contribution >= 0.6 is 0 Å². The normalized spacial score (nSPS) is 11.8. The van der Waals surface area contributed by atoms with Gasteiger partial charge in [0.25, 0.3) is 5.91 Å². The van der Waals surface area contributed by atoms with Crippen LogP contribution in [0.4, 0.5) is 0 Å². The summed E-state index contributed by atoms with van der Waals surface area (Å²) in [5.41, 5.74) is 4.68. The lowest BCUT2D eigenvalue weighted by Crippen LogP contribution is -2.42. The van der Waals surface area contributed by atoms with E-state index in [4.69, 9.17) is 7.85 Å². The van der Waals surface area contributed by atoms with Gasteiger partial charge in [0.1, 0.15) is 13.9 Å². The molecule has 0 saturated carbocycles. The Hall–Kier alpha value is -2.56. The molecule has 4 nitrogen and oxygen atoms in total. The van der Waals surface area contributed by atoms with E-state index in [1.54, 1.807) is 24.3 Å². The SMILES string of the molecule is [B]c1ccc(CC(NC(=O)c2c(C)cc(C)cc2C)C(=O)O)cc1. The molecule has 1 unspecified atom stereocenters. The molecule has 24 heavy (non-hydrogen) atoms. The highest BCUT2D eigenvalue weighted by molar-refractivity contribution is 6.32. The Balaban J connectivity index is 2.20. The molecule has 2 aromatic carbocycles. The molecule has 2 N–H and O–H groups in total. The molecule has 0 heterocycles. The van der Waals surface area contributed by atoms with E-state index in [1.165, 1.54) is 0 Å². The smallest absolute Gasteiger partial charge is 0.326 e. The molecule has 0 bridgehead atoms. The quantitative estimate of drug-likeness (QED) is 0.826. The van der Waals surface area contributed by atoms with Gasteiger partial charge in [0.05, 0.1) is 0 Å². The average molecular weight is 321 g/mol. The van der Waals surface area contributed by atoms with Gasteiger partial charge in [-0.25, -0.2) is 4.79 Å². The van der Waals surface area contributed by atoms with Crippen LogP contribution in [0.25, 0.3) is 0 Å². The lowest BCUT2D eigenvalue weighted by molar-refractivity contribution is -0.139. The molecule has 0 aliphatic heterocycles. The van der Waals surface area contributed by atoms with Crippen molar-refractivity contribution in [2.75, 3.05) is 0 Å². The number of rotatable bonds is 5. The van der Waals surface area contributed by atoms with Gasteiger partial charge >= 0.3 is 5.97 Å². The summed E-state index contributed by atoms with van der Waals surface area (Å²) in [4.78, 5) is 24.1. The van der Waals surface area contributed by atoms with Crippen LogP contribution in [0, 0.1) is 20.8 Å². The fourth-order valence-electron chi connectivity index (χ4n) is 2.86. The second-order valence-electron chi connectivity index (χ2n) is 6.08. The molecule has 1 amide bonds. The number of aryl methyl sites for hydroxylation is 3. The molecule has 2 rings (SSSR count). The van der Waals surface area contributed by atoms with Crippen molar-refractivity contribution in [3.63, 3.8) is 0 Å². The zero-order valence-electron chi connectivity index (χ0n) is 14.1. The van der Waals surface area contributed by atoms with Crippen LogP contribution in [0.15, 0.2) is 36.4 Å². The monoisotopic (exact) mass is 321 g/mol. The van der Waals surface area contributed by atoms with Crippen LogP contribution in [-0.4, -0.2) is 30.9 Å². The largest absolute Gasteiger partial charge is 0.480 e. The summed E-state index contributed by atoms with van der Waals surface area (Å²) in [7, 11) is 5.63. The summed E-state index contributed by atoms with van der Waals surface area (Å²) in [5.74, 6) is -1.43. The number of hydrogen-bond donors (Lipinski definition) is 2. The van der Waals surface area contributed by atoms with Crippen molar-refractivity contribution in [2.24, 2.45) is 0 Å². The summed E-state index contributed by atoms with van der Waals surface area (Å²) < 4.78 is 0. The van der Waals surface area contributed by atoms with Gasteiger partial charge in [0.15, 0.2) is 0 Å². The van der Waals surface area contributed by atoms with Crippen molar-refractivity contribution >= 4 is 25.2 Å². The minimum absolute atomic E-state index is 0.200. The second kappa shape index (κ2) is 7.34. The molecule has 122 valence electrons. The summed E-state index contributed by atoms with van der Waals surface area (Å²) in [6, 6.07) is 9.78. The fourth-order valence-corrected chi connectivity index (χ4v) is 2.86. The number of amides is 1. The van der Waals surface area contributed by atoms with Crippen molar-refractivity contribution < 1.29 is 14.7 Å². The summed E-state index contributed by atoms with van der Waals surface area (Å²) in [6.07, 6.45) is 0.200. The van der Waals surface area contributed by atoms with Gasteiger partial charge in [-0.15, -0.1) is 0 Å². The van der Waals surface area contributed by atoms with Gasteiger partial charge in [-0.1, -0.05) is 47.4 Å². The van der Waals surface area contributed by atoms with Gasteiger partial charge in [-0.05, 0) is 37.5 Å². The van der Waals surface area contributed by atoms with Crippen molar-refractivity contribution in [3.8, 4) is 0 Å². The first-order valence-electron chi connectivity index (χ1n) is 7.74. The molecule has 2 aromatic rings. The molecular weight excluding hydrogens is 301 g/mol. The number of nitrogens with one attached hydrogen (secondary N) is 1. The molecule has 1 atom stereocenters. The first kappa shape index (κ1) is 17.8. The maximum atomic E-state index is 12.6. The van der Waals surface area contributed by atoms with Crippen LogP contribution in [-0.2, 0) is 11.2 Å². The van der Waals surface area contributed by atoms with Crippen molar-refractivity contribution in [3.05, 3.63) is 64.2 Å². The highest BCUT2D eigenvalue weighted by atomic mass is 16.4. The Morgan fingerprint density at radius 3 is 2.12 bits per heavy atom. The Morgan fingerprint density at radius 2 is 1.62 bits per heavy atom. The number of carbonyl (C=O) groups is 2. The third kappa shape index (κ3) is 4.25. The van der Waals surface area contributed by atoms with E-state index in [2.05, 4.69) is 5.32 Å². The predicted octanol–water partition coefficient (Wildman–Crippen LogP) is 1.83. The maximum Gasteiger partial charge on any atom is 0.326 e. The third-order valence-corrected chi connectivity index (χ3v) is 3.93. The number of carbonyl (C=O) groups excluding carboxylic acids is 1. The Morgan fingerprint density at radius 1 is 1.08 bits per heavy atom. The van der Waals surface area contributed by atoms with Crippen LogP contribution < -0.4 is 10.8 Å². The lowest BCUT2D eigenvalue weighted by Gasteiger charge is -2.17. The van der Waals surface area contributed by atoms with Gasteiger partial charge in [0, 0.05) is 12.0 Å². The Bertz CT molecular complexity index is 746. The third-order valence-electron chi connectivity index (χ3n) is 3.93. The summed E-state index contributed by atoms with van der Waals surface area (Å²) in [5, 5.41) is 12.1. The first-order valence-corrected chi connectivity index (χ1v) is 7.74. The van der Waals surface area contributed by atoms with Crippen molar-refractivity contribution in [1.82, 2.24) is 5.32 Å². The Labute approximate surface area is 143 Å². The highest BCUT2D eigenvalue weighted by Crippen LogP contribution is 2.16. The number of carboxylic acids is 1. The molecule has 2 radical (unpaired) electrons. The number of carboxylic acid groups (broad SMARTS) is 1. The van der Waals surface area contributed by atoms with E-state index >= 15 is 0 Å². The van der Waals surface area contributed by atoms with E-state index in [0.717, 1.165) is 22.3 Å². The van der Waals surface area contributed by atoms with Crippen LogP contribution in [0.3, 0.4) is 0 Å². The molecule has 0 spiro atoms. The zero-order valence-corrected chi connectivity index (χ0v) is 14.1. The topological polar surface area (TPSA) is 66.4 Å². The summed E-state index contributed by atoms with van der Waals surface area (Å²) in [6.45, 7) is 5.66. The van der Waals surface area contributed by atoms with Gasteiger partial charge in [0.2, 0.25) is 0 Å². The molecule has 0 saturated heterocycles. The number of benzene rings is 2. The van der Waals surface area contributed by atoms with Crippen LogP contribution in [0.5, 0.6) is 0 Å². The van der Waals surface area contributed by atoms with Crippen molar-refractivity contribution in [1.29, 1.82) is 0 Å². The molecule has 0 aromatic heterocycles. The zero-order chi connectivity index (χ0) is 17.9. The van der Waals surface area contributed by atoms with E-state index in [1.807, 2.05) is 32.9 Å². The molecule has 0 aliphatic rings. The van der Waals surface area contributed by atoms with Gasteiger partial charge in [-0.3, -0.25) is 4.79 Å². The minimum atomic E-state index is -1.07. The van der Waals surface area contributed by atoms with E-state index in [0.29, 0.717) is 11.0 Å². The molecule has 5 heteroatoms. The number of hydrogen-bond acceptors (Lipinski definition) is 2. The minimum Gasteiger partial charge on any atom is -0.480 e. The Kier molecular flexibility index (Phi) is 5.44. The molecule has 0 aliphatic carbocycles. The first-order chi connectivity index (χ1) is 11.3. The second-order valence-corrected chi connectivity index (χ2v) is 6.08. The lowest BCUT2D eigenvalue weighted by atomic mass is 9.94. The van der Waals surface area contributed by atoms with Crippen LogP contribution in [0.2, 0.25) is 0 Å². The van der Waals surface area contributed by atoms with E-state index in [9.17, 15) is 14.7 Å². The van der Waals surface area contributed by atoms with Gasteiger partial charge in [-0.2, -0.15) is 0 Å². The maximum absolute atomic E-state index is 12.6. The van der Waals surface area contributed by atoms with E-state index in [-0.39, 0.29) is 12.3 Å². The molecular formula is C19H20BNO3. The van der Waals surface area contributed by atoms with E-state index < -0.39 is 12.0 Å². The standard InChI is InChI=1S/C19H20BNO3/c1-11-8-12(2)17(13(3)9-11)18(22)21-16(19(23)24)10-14-4-6-15(20)7-5-14/h4-9,16H,10H2,1-3H3,(H,21,22)(H,23,24). The fraction of sp³-hybridized carbons (Fsp3) is 0.263. The van der Waals surface area contributed by atoms with Crippen LogP contribution in [0.1, 0.15) is 32.6 Å². The van der Waals surface area contributed by atoms with Crippen molar-refractivity contribution in [2.45, 2.75) is 33.2 Å².